The number of anilines is 2. The van der Waals surface area contributed by atoms with Gasteiger partial charge in [-0.05, 0) is 36.4 Å². The van der Waals surface area contributed by atoms with E-state index in [1.807, 2.05) is 48.5 Å². The molecule has 8 nitrogen and oxygen atoms in total. The van der Waals surface area contributed by atoms with Gasteiger partial charge >= 0.3 is 12.1 Å². The molecule has 36 heavy (non-hydrogen) atoms. The van der Waals surface area contributed by atoms with Crippen molar-refractivity contribution in [2.75, 3.05) is 5.32 Å². The van der Waals surface area contributed by atoms with Crippen LogP contribution in [0.3, 0.4) is 0 Å². The highest BCUT2D eigenvalue weighted by molar-refractivity contribution is 6.09. The number of halogens is 3. The van der Waals surface area contributed by atoms with Crippen molar-refractivity contribution in [3.63, 3.8) is 0 Å². The van der Waals surface area contributed by atoms with E-state index in [-0.39, 0.29) is 0 Å². The van der Waals surface area contributed by atoms with Crippen LogP contribution < -0.4 is 11.1 Å². The fourth-order valence-corrected chi connectivity index (χ4v) is 3.39. The number of nitrogens with two attached hydrogens (primary N) is 1. The second kappa shape index (κ2) is 9.74. The zero-order valence-corrected chi connectivity index (χ0v) is 18.3. The first kappa shape index (κ1) is 24.2. The number of carboxylic acid groups (broad SMARTS) is 1. The van der Waals surface area contributed by atoms with Crippen molar-refractivity contribution < 1.29 is 32.3 Å². The fourth-order valence-electron chi connectivity index (χ4n) is 3.39. The number of benzene rings is 3. The zero-order valence-electron chi connectivity index (χ0n) is 18.3. The lowest BCUT2D eigenvalue weighted by Gasteiger charge is -2.08. The number of primary amides is 1. The number of furan rings is 1. The summed E-state index contributed by atoms with van der Waals surface area (Å²) in [5.74, 6) is -2.58. The van der Waals surface area contributed by atoms with Crippen molar-refractivity contribution in [1.82, 2.24) is 9.97 Å². The number of aromatic nitrogens is 2. The number of para-hydroxylation sites is 2. The van der Waals surface area contributed by atoms with Crippen LogP contribution in [0.2, 0.25) is 0 Å². The van der Waals surface area contributed by atoms with Gasteiger partial charge in [-0.3, -0.25) is 4.79 Å². The topological polar surface area (TPSA) is 131 Å². The van der Waals surface area contributed by atoms with E-state index >= 15 is 0 Å². The summed E-state index contributed by atoms with van der Waals surface area (Å²) in [5.41, 5.74) is 9.82. The molecule has 0 unspecified atom stereocenters. The van der Waals surface area contributed by atoms with Gasteiger partial charge in [0.1, 0.15) is 23.3 Å². The molecule has 0 aliphatic heterocycles. The molecule has 0 aliphatic rings. The SMILES string of the molecule is NC(=O)c1ccc(Nc2cc(-c3cccc4c3oc3ccccc34)ncn2)cc1.O=C(O)C(F)(F)F. The first-order chi connectivity index (χ1) is 17.1. The van der Waals surface area contributed by atoms with Gasteiger partial charge in [0, 0.05) is 33.7 Å². The third-order valence-corrected chi connectivity index (χ3v) is 5.03. The maximum Gasteiger partial charge on any atom is 0.490 e. The monoisotopic (exact) mass is 494 g/mol. The first-order valence-corrected chi connectivity index (χ1v) is 10.3. The number of carbonyl (C=O) groups excluding carboxylic acids is 1. The summed E-state index contributed by atoms with van der Waals surface area (Å²) in [5, 5.41) is 12.5. The number of fused-ring (bicyclic) bond motifs is 3. The molecule has 4 N–H and O–H groups in total. The van der Waals surface area contributed by atoms with E-state index in [9.17, 15) is 18.0 Å². The summed E-state index contributed by atoms with van der Waals surface area (Å²) in [6.07, 6.45) is -3.57. The van der Waals surface area contributed by atoms with E-state index in [0.717, 1.165) is 38.9 Å². The minimum atomic E-state index is -5.08. The van der Waals surface area contributed by atoms with Crippen molar-refractivity contribution in [3.05, 3.63) is 84.7 Å². The van der Waals surface area contributed by atoms with Crippen LogP contribution in [0.25, 0.3) is 33.2 Å². The number of carbonyl (C=O) groups is 2. The molecule has 0 spiro atoms. The van der Waals surface area contributed by atoms with Gasteiger partial charge in [0.15, 0.2) is 0 Å². The average Bonchev–Trinajstić information content (AvgIpc) is 3.23. The van der Waals surface area contributed by atoms with E-state index in [2.05, 4.69) is 15.3 Å². The molecular weight excluding hydrogens is 477 g/mol. The molecule has 0 radical (unpaired) electrons. The standard InChI is InChI=1S/C23H16N4O2.C2HF3O2/c24-23(28)14-8-10-15(11-9-14)27-21-12-19(25-13-26-21)18-6-3-5-17-16-4-1-2-7-20(16)29-22(17)18;3-2(4,5)1(6)7/h1-13H,(H2,24,28)(H,25,26,27);(H,6,7). The molecule has 0 aliphatic carbocycles. The van der Waals surface area contributed by atoms with Crippen LogP contribution >= 0.6 is 0 Å². The summed E-state index contributed by atoms with van der Waals surface area (Å²) in [7, 11) is 0. The van der Waals surface area contributed by atoms with Crippen molar-refractivity contribution in [2.24, 2.45) is 5.73 Å². The molecule has 5 rings (SSSR count). The Balaban J connectivity index is 0.000000384. The lowest BCUT2D eigenvalue weighted by Crippen LogP contribution is -2.21. The zero-order chi connectivity index (χ0) is 25.9. The molecule has 0 saturated carbocycles. The third kappa shape index (κ3) is 5.25. The lowest BCUT2D eigenvalue weighted by atomic mass is 10.1. The maximum atomic E-state index is 11.2. The van der Waals surface area contributed by atoms with Crippen LogP contribution in [-0.4, -0.2) is 33.1 Å². The number of rotatable bonds is 4. The lowest BCUT2D eigenvalue weighted by molar-refractivity contribution is -0.192. The van der Waals surface area contributed by atoms with Gasteiger partial charge in [-0.2, -0.15) is 13.2 Å². The Morgan fingerprint density at radius 1 is 0.917 bits per heavy atom. The first-order valence-electron chi connectivity index (χ1n) is 10.3. The molecule has 2 heterocycles. The van der Waals surface area contributed by atoms with Gasteiger partial charge in [0.25, 0.3) is 0 Å². The van der Waals surface area contributed by atoms with Gasteiger partial charge in [-0.15, -0.1) is 0 Å². The molecule has 2 aromatic heterocycles. The van der Waals surface area contributed by atoms with Gasteiger partial charge in [-0.1, -0.05) is 30.3 Å². The molecule has 5 aromatic rings. The second-order valence-electron chi connectivity index (χ2n) is 7.44. The van der Waals surface area contributed by atoms with E-state index in [4.69, 9.17) is 20.1 Å². The number of nitrogens with one attached hydrogen (secondary N) is 1. The average molecular weight is 494 g/mol. The number of nitrogens with zero attached hydrogens (tertiary/aromatic N) is 2. The van der Waals surface area contributed by atoms with Gasteiger partial charge in [0.2, 0.25) is 5.91 Å². The summed E-state index contributed by atoms with van der Waals surface area (Å²) >= 11 is 0. The van der Waals surface area contributed by atoms with Crippen LogP contribution in [0.4, 0.5) is 24.7 Å². The van der Waals surface area contributed by atoms with E-state index in [1.165, 1.54) is 6.33 Å². The number of hydrogen-bond donors (Lipinski definition) is 3. The maximum absolute atomic E-state index is 11.2. The molecule has 0 saturated heterocycles. The Morgan fingerprint density at radius 3 is 2.25 bits per heavy atom. The normalized spacial score (nSPS) is 11.1. The van der Waals surface area contributed by atoms with Crippen LogP contribution in [-0.2, 0) is 4.79 Å². The Morgan fingerprint density at radius 2 is 1.58 bits per heavy atom. The summed E-state index contributed by atoms with van der Waals surface area (Å²) in [6, 6.07) is 22.8. The molecule has 0 fully saturated rings. The number of aliphatic carboxylic acids is 1. The molecule has 11 heteroatoms. The van der Waals surface area contributed by atoms with Gasteiger partial charge < -0.3 is 20.6 Å². The van der Waals surface area contributed by atoms with Crippen molar-refractivity contribution in [1.29, 1.82) is 0 Å². The van der Waals surface area contributed by atoms with Gasteiger partial charge in [0.05, 0.1) is 5.69 Å². The second-order valence-corrected chi connectivity index (χ2v) is 7.44. The molecule has 0 bridgehead atoms. The third-order valence-electron chi connectivity index (χ3n) is 5.03. The Labute approximate surface area is 201 Å². The number of hydrogen-bond acceptors (Lipinski definition) is 6. The summed E-state index contributed by atoms with van der Waals surface area (Å²) in [6.45, 7) is 0. The van der Waals surface area contributed by atoms with Crippen LogP contribution in [0.1, 0.15) is 10.4 Å². The van der Waals surface area contributed by atoms with Crippen LogP contribution in [0, 0.1) is 0 Å². The smallest absolute Gasteiger partial charge is 0.475 e. The minimum absolute atomic E-state index is 0.454. The largest absolute Gasteiger partial charge is 0.490 e. The highest BCUT2D eigenvalue weighted by Crippen LogP contribution is 2.35. The fraction of sp³-hybridized carbons (Fsp3) is 0.0400. The van der Waals surface area contributed by atoms with E-state index < -0.39 is 18.1 Å². The number of carboxylic acids is 1. The Kier molecular flexibility index (Phi) is 6.55. The van der Waals surface area contributed by atoms with Gasteiger partial charge in [-0.25, -0.2) is 14.8 Å². The van der Waals surface area contributed by atoms with Crippen LogP contribution in [0.15, 0.2) is 83.5 Å². The highest BCUT2D eigenvalue weighted by atomic mass is 19.4. The predicted octanol–water partition coefficient (Wildman–Crippen LogP) is 5.52. The quantitative estimate of drug-likeness (QED) is 0.300. The Bertz CT molecular complexity index is 1560. The molecule has 0 atom stereocenters. The minimum Gasteiger partial charge on any atom is -0.475 e. The highest BCUT2D eigenvalue weighted by Gasteiger charge is 2.38. The Hall–Kier alpha value is -4.93. The predicted molar refractivity (Wildman–Crippen MR) is 127 cm³/mol. The van der Waals surface area contributed by atoms with E-state index in [0.29, 0.717) is 11.4 Å². The van der Waals surface area contributed by atoms with Crippen molar-refractivity contribution >= 4 is 45.3 Å². The number of amides is 1. The van der Waals surface area contributed by atoms with Crippen molar-refractivity contribution in [3.8, 4) is 11.3 Å². The summed E-state index contributed by atoms with van der Waals surface area (Å²) in [4.78, 5) is 28.8. The molecular formula is C25H17F3N4O4. The van der Waals surface area contributed by atoms with Crippen LogP contribution in [0.5, 0.6) is 0 Å². The molecule has 182 valence electrons. The summed E-state index contributed by atoms with van der Waals surface area (Å²) < 4.78 is 37.8. The molecule has 3 aromatic carbocycles. The van der Waals surface area contributed by atoms with Crippen molar-refractivity contribution in [2.45, 2.75) is 6.18 Å². The number of alkyl halides is 3. The van der Waals surface area contributed by atoms with E-state index in [1.54, 1.807) is 24.3 Å². The molecule has 1 amide bonds.